The van der Waals surface area contributed by atoms with Gasteiger partial charge in [-0.1, -0.05) is 52.9 Å². The summed E-state index contributed by atoms with van der Waals surface area (Å²) in [5.41, 5.74) is 3.30. The van der Waals surface area contributed by atoms with Crippen LogP contribution in [0, 0.1) is 12.8 Å². The van der Waals surface area contributed by atoms with E-state index in [9.17, 15) is 4.79 Å². The topological polar surface area (TPSA) is 76.1 Å². The largest absolute Gasteiger partial charge is 0.497 e. The van der Waals surface area contributed by atoms with Crippen molar-refractivity contribution in [3.8, 4) is 5.75 Å². The fourth-order valence-electron chi connectivity index (χ4n) is 3.14. The number of carbonyl (C=O) groups is 1. The zero-order chi connectivity index (χ0) is 20.9. The number of ether oxygens (including phenoxy) is 1. The number of hydrogen-bond donors (Lipinski definition) is 2. The fraction of sp³-hybridized carbons (Fsp3) is 0.318. The zero-order valence-electron chi connectivity index (χ0n) is 16.9. The van der Waals surface area contributed by atoms with E-state index in [0.29, 0.717) is 11.7 Å². The smallest absolute Gasteiger partial charge is 0.230 e. The molecule has 2 N–H and O–H groups in total. The van der Waals surface area contributed by atoms with Crippen LogP contribution in [0.25, 0.3) is 0 Å². The number of aryl methyl sites for hydroxylation is 1. The second-order valence-corrected chi connectivity index (χ2v) is 9.51. The van der Waals surface area contributed by atoms with Gasteiger partial charge in [0.15, 0.2) is 4.34 Å². The maximum atomic E-state index is 12.6. The molecule has 4 rings (SSSR count). The van der Waals surface area contributed by atoms with Crippen molar-refractivity contribution < 1.29 is 9.53 Å². The minimum absolute atomic E-state index is 0.0101. The molecule has 1 aliphatic carbocycles. The predicted molar refractivity (Wildman–Crippen MR) is 122 cm³/mol. The van der Waals surface area contributed by atoms with Crippen molar-refractivity contribution in [2.24, 2.45) is 5.92 Å². The molecule has 156 valence electrons. The number of carbonyl (C=O) groups excluding carboxylic acids is 1. The van der Waals surface area contributed by atoms with Crippen molar-refractivity contribution in [2.45, 2.75) is 30.1 Å². The van der Waals surface area contributed by atoms with E-state index < -0.39 is 0 Å². The number of benzene rings is 2. The Bertz CT molecular complexity index is 985. The summed E-state index contributed by atoms with van der Waals surface area (Å²) < 4.78 is 6.00. The summed E-state index contributed by atoms with van der Waals surface area (Å²) in [6.45, 7) is 2.05. The third kappa shape index (κ3) is 5.52. The zero-order valence-corrected chi connectivity index (χ0v) is 18.6. The van der Waals surface area contributed by atoms with Crippen LogP contribution >= 0.6 is 23.1 Å². The van der Waals surface area contributed by atoms with E-state index in [1.165, 1.54) is 28.7 Å². The first kappa shape index (κ1) is 20.7. The van der Waals surface area contributed by atoms with E-state index >= 15 is 0 Å². The Morgan fingerprint density at radius 2 is 1.90 bits per heavy atom. The van der Waals surface area contributed by atoms with Crippen LogP contribution in [-0.4, -0.2) is 29.0 Å². The first-order valence-electron chi connectivity index (χ1n) is 9.84. The van der Waals surface area contributed by atoms with Crippen molar-refractivity contribution in [1.29, 1.82) is 0 Å². The monoisotopic (exact) mass is 440 g/mol. The molecular formula is C22H24N4O2S2. The Morgan fingerprint density at radius 1 is 1.17 bits per heavy atom. The highest BCUT2D eigenvalue weighted by atomic mass is 32.2. The highest BCUT2D eigenvalue weighted by Crippen LogP contribution is 2.41. The number of amides is 1. The van der Waals surface area contributed by atoms with Crippen LogP contribution in [0.5, 0.6) is 5.75 Å². The average molecular weight is 441 g/mol. The number of thioether (sulfide) groups is 1. The van der Waals surface area contributed by atoms with Crippen LogP contribution in [0.15, 0.2) is 52.9 Å². The van der Waals surface area contributed by atoms with Crippen molar-refractivity contribution in [3.05, 3.63) is 59.7 Å². The molecule has 1 aliphatic rings. The maximum Gasteiger partial charge on any atom is 0.230 e. The second-order valence-electron chi connectivity index (χ2n) is 7.31. The second kappa shape index (κ2) is 9.49. The van der Waals surface area contributed by atoms with Crippen LogP contribution in [-0.2, 0) is 4.79 Å². The quantitative estimate of drug-likeness (QED) is 0.458. The van der Waals surface area contributed by atoms with Crippen molar-refractivity contribution >= 4 is 39.8 Å². The maximum absolute atomic E-state index is 12.6. The van der Waals surface area contributed by atoms with Gasteiger partial charge in [-0.3, -0.25) is 4.79 Å². The summed E-state index contributed by atoms with van der Waals surface area (Å²) in [7, 11) is 1.65. The molecule has 8 heteroatoms. The lowest BCUT2D eigenvalue weighted by Crippen LogP contribution is -2.31. The molecule has 0 aliphatic heterocycles. The summed E-state index contributed by atoms with van der Waals surface area (Å²) in [5.74, 6) is 1.66. The SMILES string of the molecule is COc1ccc(C(NC(=O)CSc2nnc(Nc3ccc(C)cc3)s2)C2CC2)cc1. The molecule has 1 aromatic heterocycles. The molecule has 0 saturated heterocycles. The Kier molecular flexibility index (Phi) is 6.54. The number of methoxy groups -OCH3 is 1. The van der Waals surface area contributed by atoms with Crippen molar-refractivity contribution in [1.82, 2.24) is 15.5 Å². The molecule has 2 aromatic carbocycles. The standard InChI is InChI=1S/C22H24N4O2S2/c1-14-3-9-17(10-4-14)23-21-25-26-22(30-21)29-13-19(27)24-20(15-5-6-15)16-7-11-18(28-2)12-8-16/h3-4,7-12,15,20H,5-6,13H2,1-2H3,(H,23,25)(H,24,27). The molecule has 0 bridgehead atoms. The molecule has 0 radical (unpaired) electrons. The average Bonchev–Trinajstić information content (AvgIpc) is 3.51. The molecule has 1 heterocycles. The van der Waals surface area contributed by atoms with Gasteiger partial charge >= 0.3 is 0 Å². The molecule has 6 nitrogen and oxygen atoms in total. The molecular weight excluding hydrogens is 416 g/mol. The van der Waals surface area contributed by atoms with Gasteiger partial charge in [-0.15, -0.1) is 10.2 Å². The number of hydrogen-bond acceptors (Lipinski definition) is 7. The van der Waals surface area contributed by atoms with Crippen LogP contribution in [0.4, 0.5) is 10.8 Å². The molecule has 1 fully saturated rings. The third-order valence-electron chi connectivity index (χ3n) is 4.92. The van der Waals surface area contributed by atoms with Crippen LogP contribution in [0.1, 0.15) is 30.0 Å². The van der Waals surface area contributed by atoms with Gasteiger partial charge in [-0.05, 0) is 55.5 Å². The Hall–Kier alpha value is -2.58. The number of anilines is 2. The summed E-state index contributed by atoms with van der Waals surface area (Å²) in [6, 6.07) is 16.1. The number of aromatic nitrogens is 2. The van der Waals surface area contributed by atoms with Crippen molar-refractivity contribution in [2.75, 3.05) is 18.2 Å². The molecule has 0 spiro atoms. The van der Waals surface area contributed by atoms with E-state index in [1.807, 2.05) is 48.5 Å². The van der Waals surface area contributed by atoms with Gasteiger partial charge in [0, 0.05) is 5.69 Å². The van der Waals surface area contributed by atoms with Crippen molar-refractivity contribution in [3.63, 3.8) is 0 Å². The summed E-state index contributed by atoms with van der Waals surface area (Å²) in [6.07, 6.45) is 2.29. The van der Waals surface area contributed by atoms with Gasteiger partial charge in [0.2, 0.25) is 11.0 Å². The van der Waals surface area contributed by atoms with Gasteiger partial charge < -0.3 is 15.4 Å². The molecule has 1 unspecified atom stereocenters. The van der Waals surface area contributed by atoms with E-state index in [0.717, 1.165) is 39.3 Å². The fourth-order valence-corrected chi connectivity index (χ4v) is 4.72. The molecule has 1 atom stereocenters. The van der Waals surface area contributed by atoms with Gasteiger partial charge in [0.05, 0.1) is 18.9 Å². The normalized spacial score (nSPS) is 14.2. The lowest BCUT2D eigenvalue weighted by atomic mass is 10.0. The number of rotatable bonds is 9. The van der Waals surface area contributed by atoms with Gasteiger partial charge in [-0.2, -0.15) is 0 Å². The highest BCUT2D eigenvalue weighted by molar-refractivity contribution is 8.01. The Balaban J connectivity index is 1.30. The first-order valence-corrected chi connectivity index (χ1v) is 11.6. The number of nitrogens with one attached hydrogen (secondary N) is 2. The number of nitrogens with zero attached hydrogens (tertiary/aromatic N) is 2. The van der Waals surface area contributed by atoms with E-state index in [2.05, 4.69) is 27.8 Å². The third-order valence-corrected chi connectivity index (χ3v) is 6.89. The Labute approximate surface area is 184 Å². The molecule has 1 amide bonds. The molecule has 1 saturated carbocycles. The minimum atomic E-state index is 0.0101. The molecule has 3 aromatic rings. The molecule has 30 heavy (non-hydrogen) atoms. The van der Waals surface area contributed by atoms with Crippen LogP contribution in [0.2, 0.25) is 0 Å². The van der Waals surface area contributed by atoms with E-state index in [4.69, 9.17) is 4.74 Å². The summed E-state index contributed by atoms with van der Waals surface area (Å²) >= 11 is 2.86. The Morgan fingerprint density at radius 3 is 2.57 bits per heavy atom. The highest BCUT2D eigenvalue weighted by Gasteiger charge is 2.33. The lowest BCUT2D eigenvalue weighted by molar-refractivity contribution is -0.119. The van der Waals surface area contributed by atoms with Gasteiger partial charge in [0.1, 0.15) is 5.75 Å². The van der Waals surface area contributed by atoms with Crippen LogP contribution < -0.4 is 15.4 Å². The predicted octanol–water partition coefficient (Wildman–Crippen LogP) is 4.96. The van der Waals surface area contributed by atoms with Crippen LogP contribution in [0.3, 0.4) is 0 Å². The minimum Gasteiger partial charge on any atom is -0.497 e. The van der Waals surface area contributed by atoms with Gasteiger partial charge in [0.25, 0.3) is 0 Å². The first-order chi connectivity index (χ1) is 14.6. The lowest BCUT2D eigenvalue weighted by Gasteiger charge is -2.19. The summed E-state index contributed by atoms with van der Waals surface area (Å²) in [4.78, 5) is 12.6. The van der Waals surface area contributed by atoms with Gasteiger partial charge in [-0.25, -0.2) is 0 Å². The van der Waals surface area contributed by atoms with E-state index in [1.54, 1.807) is 7.11 Å². The van der Waals surface area contributed by atoms with E-state index in [-0.39, 0.29) is 11.9 Å². The summed E-state index contributed by atoms with van der Waals surface area (Å²) in [5, 5.41) is 15.5.